The lowest BCUT2D eigenvalue weighted by atomic mass is 10.2. The van der Waals surface area contributed by atoms with Gasteiger partial charge in [0.05, 0.1) is 12.0 Å². The molecular weight excluding hydrogens is 272 g/mol. The van der Waals surface area contributed by atoms with Crippen molar-refractivity contribution in [3.8, 4) is 0 Å². The van der Waals surface area contributed by atoms with Crippen molar-refractivity contribution in [2.45, 2.75) is 39.4 Å². The first kappa shape index (κ1) is 15.3. The van der Waals surface area contributed by atoms with Crippen molar-refractivity contribution in [1.29, 1.82) is 0 Å². The molecule has 3 rings (SSSR count). The van der Waals surface area contributed by atoms with Gasteiger partial charge in [0.2, 0.25) is 0 Å². The van der Waals surface area contributed by atoms with Gasteiger partial charge in [-0.25, -0.2) is 4.98 Å². The molecule has 4 heteroatoms. The molecule has 1 atom stereocenters. The molecule has 2 heterocycles. The highest BCUT2D eigenvalue weighted by Gasteiger charge is 2.21. The Kier molecular flexibility index (Phi) is 4.90. The number of hydrogen-bond acceptors (Lipinski definition) is 3. The SMILES string of the molecule is Cc1ncn(CCN[C@H]2CCN(Cc3ccccc3)C2)c1C. The highest BCUT2D eigenvalue weighted by atomic mass is 15.2. The third-order valence-corrected chi connectivity index (χ3v) is 4.65. The summed E-state index contributed by atoms with van der Waals surface area (Å²) in [5.74, 6) is 0. The van der Waals surface area contributed by atoms with Crippen molar-refractivity contribution >= 4 is 0 Å². The first-order valence-corrected chi connectivity index (χ1v) is 8.20. The van der Waals surface area contributed by atoms with Crippen LogP contribution in [0, 0.1) is 13.8 Å². The maximum Gasteiger partial charge on any atom is 0.0951 e. The van der Waals surface area contributed by atoms with Crippen molar-refractivity contribution in [2.24, 2.45) is 0 Å². The number of nitrogens with zero attached hydrogens (tertiary/aromatic N) is 3. The van der Waals surface area contributed by atoms with E-state index in [0.29, 0.717) is 6.04 Å². The normalized spacial score (nSPS) is 18.9. The molecule has 1 aromatic heterocycles. The van der Waals surface area contributed by atoms with Crippen LogP contribution in [0.3, 0.4) is 0 Å². The van der Waals surface area contributed by atoms with E-state index >= 15 is 0 Å². The lowest BCUT2D eigenvalue weighted by molar-refractivity contribution is 0.319. The monoisotopic (exact) mass is 298 g/mol. The second kappa shape index (κ2) is 7.07. The molecule has 0 radical (unpaired) electrons. The van der Waals surface area contributed by atoms with Crippen LogP contribution in [0.15, 0.2) is 36.7 Å². The number of aryl methyl sites for hydroxylation is 1. The number of hydrogen-bond donors (Lipinski definition) is 1. The minimum absolute atomic E-state index is 0.619. The first-order valence-electron chi connectivity index (χ1n) is 8.20. The fraction of sp³-hybridized carbons (Fsp3) is 0.500. The summed E-state index contributed by atoms with van der Waals surface area (Å²) in [6, 6.07) is 11.4. The van der Waals surface area contributed by atoms with Crippen LogP contribution in [0.1, 0.15) is 23.4 Å². The van der Waals surface area contributed by atoms with Gasteiger partial charge in [-0.2, -0.15) is 0 Å². The zero-order valence-corrected chi connectivity index (χ0v) is 13.6. The largest absolute Gasteiger partial charge is 0.333 e. The maximum atomic E-state index is 4.35. The van der Waals surface area contributed by atoms with E-state index in [-0.39, 0.29) is 0 Å². The summed E-state index contributed by atoms with van der Waals surface area (Å²) < 4.78 is 2.24. The molecule has 1 aromatic carbocycles. The van der Waals surface area contributed by atoms with Crippen molar-refractivity contribution in [2.75, 3.05) is 19.6 Å². The van der Waals surface area contributed by atoms with Crippen LogP contribution in [-0.2, 0) is 13.1 Å². The Labute approximate surface area is 133 Å². The van der Waals surface area contributed by atoms with E-state index in [0.717, 1.165) is 31.9 Å². The van der Waals surface area contributed by atoms with Crippen molar-refractivity contribution in [3.63, 3.8) is 0 Å². The Bertz CT molecular complexity index is 590. The molecule has 0 spiro atoms. The lowest BCUT2D eigenvalue weighted by Crippen LogP contribution is -2.34. The minimum atomic E-state index is 0.619. The molecule has 118 valence electrons. The Morgan fingerprint density at radius 3 is 2.77 bits per heavy atom. The summed E-state index contributed by atoms with van der Waals surface area (Å²) >= 11 is 0. The summed E-state index contributed by atoms with van der Waals surface area (Å²) in [4.78, 5) is 6.89. The quantitative estimate of drug-likeness (QED) is 0.889. The van der Waals surface area contributed by atoms with Crippen LogP contribution < -0.4 is 5.32 Å². The van der Waals surface area contributed by atoms with Gasteiger partial charge in [0, 0.05) is 44.5 Å². The topological polar surface area (TPSA) is 33.1 Å². The Balaban J connectivity index is 1.41. The predicted molar refractivity (Wildman–Crippen MR) is 89.8 cm³/mol. The molecule has 2 aromatic rings. The molecule has 1 aliphatic rings. The minimum Gasteiger partial charge on any atom is -0.333 e. The first-order chi connectivity index (χ1) is 10.7. The van der Waals surface area contributed by atoms with Crippen LogP contribution in [0.25, 0.3) is 0 Å². The zero-order valence-electron chi connectivity index (χ0n) is 13.6. The Morgan fingerprint density at radius 1 is 1.23 bits per heavy atom. The summed E-state index contributed by atoms with van der Waals surface area (Å²) in [5, 5.41) is 3.69. The van der Waals surface area contributed by atoms with Crippen molar-refractivity contribution in [1.82, 2.24) is 19.8 Å². The van der Waals surface area contributed by atoms with Crippen molar-refractivity contribution in [3.05, 3.63) is 53.6 Å². The standard InChI is InChI=1S/C18H26N4/c1-15-16(2)22(14-20-15)11-9-19-18-8-10-21(13-18)12-17-6-4-3-5-7-17/h3-7,14,18-19H,8-13H2,1-2H3/t18-/m0/s1. The molecule has 1 fully saturated rings. The van der Waals surface area contributed by atoms with Gasteiger partial charge in [-0.05, 0) is 25.8 Å². The van der Waals surface area contributed by atoms with Gasteiger partial charge in [0.15, 0.2) is 0 Å². The fourth-order valence-electron chi connectivity index (χ4n) is 3.14. The van der Waals surface area contributed by atoms with Crippen LogP contribution in [-0.4, -0.2) is 40.1 Å². The maximum absolute atomic E-state index is 4.35. The van der Waals surface area contributed by atoms with E-state index < -0.39 is 0 Å². The molecule has 0 bridgehead atoms. The van der Waals surface area contributed by atoms with Gasteiger partial charge in [-0.15, -0.1) is 0 Å². The van der Waals surface area contributed by atoms with Crippen LogP contribution in [0.2, 0.25) is 0 Å². The Hall–Kier alpha value is -1.65. The summed E-state index contributed by atoms with van der Waals surface area (Å²) in [7, 11) is 0. The van der Waals surface area contributed by atoms with Crippen LogP contribution in [0.4, 0.5) is 0 Å². The molecule has 1 aliphatic heterocycles. The lowest BCUT2D eigenvalue weighted by Gasteiger charge is -2.17. The van der Waals surface area contributed by atoms with Gasteiger partial charge in [-0.3, -0.25) is 4.90 Å². The molecule has 4 nitrogen and oxygen atoms in total. The number of imidazole rings is 1. The molecule has 0 amide bonds. The second-order valence-electron chi connectivity index (χ2n) is 6.27. The van der Waals surface area contributed by atoms with Gasteiger partial charge in [-0.1, -0.05) is 30.3 Å². The van der Waals surface area contributed by atoms with E-state index in [9.17, 15) is 0 Å². The number of benzene rings is 1. The van der Waals surface area contributed by atoms with Gasteiger partial charge in [0.25, 0.3) is 0 Å². The third-order valence-electron chi connectivity index (χ3n) is 4.65. The third kappa shape index (κ3) is 3.76. The van der Waals surface area contributed by atoms with Crippen LogP contribution in [0.5, 0.6) is 0 Å². The van der Waals surface area contributed by atoms with Crippen LogP contribution >= 0.6 is 0 Å². The fourth-order valence-corrected chi connectivity index (χ4v) is 3.14. The molecular formula is C18H26N4. The second-order valence-corrected chi connectivity index (χ2v) is 6.27. The molecule has 0 saturated carbocycles. The average molecular weight is 298 g/mol. The van der Waals surface area contributed by atoms with Gasteiger partial charge < -0.3 is 9.88 Å². The number of rotatable bonds is 6. The van der Waals surface area contributed by atoms with E-state index in [1.807, 2.05) is 6.33 Å². The predicted octanol–water partition coefficient (Wildman–Crippen LogP) is 2.36. The van der Waals surface area contributed by atoms with Gasteiger partial charge in [0.1, 0.15) is 0 Å². The summed E-state index contributed by atoms with van der Waals surface area (Å²) in [5.41, 5.74) is 3.82. The zero-order chi connectivity index (χ0) is 15.4. The van der Waals surface area contributed by atoms with Gasteiger partial charge >= 0.3 is 0 Å². The Morgan fingerprint density at radius 2 is 2.05 bits per heavy atom. The summed E-state index contributed by atoms with van der Waals surface area (Å²) in [6.07, 6.45) is 3.19. The number of likely N-dealkylation sites (tertiary alicyclic amines) is 1. The average Bonchev–Trinajstić information content (AvgIpc) is 3.10. The van der Waals surface area contributed by atoms with E-state index in [4.69, 9.17) is 0 Å². The highest BCUT2D eigenvalue weighted by molar-refractivity contribution is 5.14. The molecule has 1 saturated heterocycles. The summed E-state index contributed by atoms with van der Waals surface area (Å²) in [6.45, 7) is 9.63. The van der Waals surface area contributed by atoms with Crippen molar-refractivity contribution < 1.29 is 0 Å². The molecule has 0 unspecified atom stereocenters. The van der Waals surface area contributed by atoms with E-state index in [1.165, 1.54) is 24.2 Å². The molecule has 0 aliphatic carbocycles. The molecule has 1 N–H and O–H groups in total. The smallest absolute Gasteiger partial charge is 0.0951 e. The van der Waals surface area contributed by atoms with E-state index in [1.54, 1.807) is 0 Å². The highest BCUT2D eigenvalue weighted by Crippen LogP contribution is 2.13. The van der Waals surface area contributed by atoms with E-state index in [2.05, 4.69) is 63.9 Å². The number of aromatic nitrogens is 2. The number of nitrogens with one attached hydrogen (secondary N) is 1. The molecule has 22 heavy (non-hydrogen) atoms.